The van der Waals surface area contributed by atoms with Gasteiger partial charge in [-0.2, -0.15) is 13.2 Å². The molecule has 0 aromatic heterocycles. The van der Waals surface area contributed by atoms with Gasteiger partial charge in [0.1, 0.15) is 0 Å². The number of carbonyl (C=O) groups is 1. The summed E-state index contributed by atoms with van der Waals surface area (Å²) in [6.45, 7) is 2.55. The summed E-state index contributed by atoms with van der Waals surface area (Å²) in [5, 5.41) is 0.394. The largest absolute Gasteiger partial charge is 0.466 e. The minimum atomic E-state index is -4.48. The number of ether oxygens (including phenoxy) is 1. The first-order chi connectivity index (χ1) is 8.77. The average molecular weight is 295 g/mol. The van der Waals surface area contributed by atoms with Crippen molar-refractivity contribution >= 4 is 17.6 Å². The van der Waals surface area contributed by atoms with Crippen molar-refractivity contribution in [3.05, 3.63) is 34.9 Å². The molecule has 0 saturated heterocycles. The van der Waals surface area contributed by atoms with Crippen LogP contribution in [0.2, 0.25) is 5.02 Å². The highest BCUT2D eigenvalue weighted by atomic mass is 35.5. The second-order valence-corrected chi connectivity index (χ2v) is 4.55. The highest BCUT2D eigenvalue weighted by Gasteiger charge is 2.45. The second-order valence-electron chi connectivity index (χ2n) is 4.11. The number of alkyl halides is 3. The molecule has 0 heterocycles. The Morgan fingerprint density at radius 1 is 1.32 bits per heavy atom. The van der Waals surface area contributed by atoms with Crippen LogP contribution in [0.4, 0.5) is 13.2 Å². The summed E-state index contributed by atoms with van der Waals surface area (Å²) >= 11 is 5.69. The third kappa shape index (κ3) is 4.13. The van der Waals surface area contributed by atoms with Crippen molar-refractivity contribution in [3.8, 4) is 0 Å². The molecule has 0 N–H and O–H groups in total. The Kier molecular flexibility index (Phi) is 5.23. The number of hydrogen-bond donors (Lipinski definition) is 0. The van der Waals surface area contributed by atoms with E-state index >= 15 is 0 Å². The highest BCUT2D eigenvalue weighted by molar-refractivity contribution is 6.30. The van der Waals surface area contributed by atoms with E-state index in [0.717, 1.165) is 6.92 Å². The Balaban J connectivity index is 3.12. The predicted molar refractivity (Wildman–Crippen MR) is 66.0 cm³/mol. The van der Waals surface area contributed by atoms with Crippen LogP contribution < -0.4 is 0 Å². The molecule has 1 aromatic carbocycles. The van der Waals surface area contributed by atoms with Gasteiger partial charge in [-0.3, -0.25) is 4.79 Å². The summed E-state index contributed by atoms with van der Waals surface area (Å²) in [4.78, 5) is 11.8. The lowest BCUT2D eigenvalue weighted by atomic mass is 9.87. The molecule has 0 amide bonds. The molecule has 0 radical (unpaired) electrons. The van der Waals surface area contributed by atoms with E-state index in [2.05, 4.69) is 0 Å². The van der Waals surface area contributed by atoms with Gasteiger partial charge in [0.25, 0.3) is 0 Å². The maximum Gasteiger partial charge on any atom is 0.392 e. The molecule has 0 aliphatic carbocycles. The number of halogens is 4. The van der Waals surface area contributed by atoms with Crippen LogP contribution in [-0.4, -0.2) is 18.8 Å². The summed E-state index contributed by atoms with van der Waals surface area (Å²) in [5.74, 6) is -4.08. The summed E-state index contributed by atoms with van der Waals surface area (Å²) < 4.78 is 43.2. The fourth-order valence-corrected chi connectivity index (χ4v) is 1.85. The first kappa shape index (κ1) is 15.8. The van der Waals surface area contributed by atoms with Gasteiger partial charge in [0.05, 0.1) is 18.4 Å². The van der Waals surface area contributed by atoms with Crippen LogP contribution in [0.1, 0.15) is 25.3 Å². The first-order valence-corrected chi connectivity index (χ1v) is 6.14. The molecule has 2 unspecified atom stereocenters. The summed E-state index contributed by atoms with van der Waals surface area (Å²) in [7, 11) is 0. The Morgan fingerprint density at radius 2 is 1.84 bits per heavy atom. The quantitative estimate of drug-likeness (QED) is 0.779. The second kappa shape index (κ2) is 6.28. The lowest BCUT2D eigenvalue weighted by Gasteiger charge is -2.24. The summed E-state index contributed by atoms with van der Waals surface area (Å²) in [6.07, 6.45) is -4.48. The monoisotopic (exact) mass is 294 g/mol. The summed E-state index contributed by atoms with van der Waals surface area (Å²) in [5.41, 5.74) is 0.243. The van der Waals surface area contributed by atoms with Crippen LogP contribution in [0.5, 0.6) is 0 Å². The molecule has 0 fully saturated rings. The Bertz CT molecular complexity index is 429. The van der Waals surface area contributed by atoms with E-state index in [9.17, 15) is 18.0 Å². The molecule has 2 atom stereocenters. The number of carbonyl (C=O) groups excluding carboxylic acids is 1. The topological polar surface area (TPSA) is 26.3 Å². The van der Waals surface area contributed by atoms with E-state index in [-0.39, 0.29) is 12.2 Å². The maximum absolute atomic E-state index is 12.8. The van der Waals surface area contributed by atoms with Gasteiger partial charge in [-0.15, -0.1) is 0 Å². The fraction of sp³-hybridized carbons (Fsp3) is 0.462. The number of rotatable bonds is 4. The van der Waals surface area contributed by atoms with Crippen molar-refractivity contribution in [2.75, 3.05) is 6.61 Å². The lowest BCUT2D eigenvalue weighted by molar-refractivity contribution is -0.185. The molecule has 0 aliphatic heterocycles. The Morgan fingerprint density at radius 3 is 2.26 bits per heavy atom. The Hall–Kier alpha value is -1.23. The van der Waals surface area contributed by atoms with Crippen molar-refractivity contribution in [1.82, 2.24) is 0 Å². The average Bonchev–Trinajstić information content (AvgIpc) is 2.31. The lowest BCUT2D eigenvalue weighted by Crippen LogP contribution is -2.32. The molecule has 1 aromatic rings. The molecule has 6 heteroatoms. The molecule has 0 saturated carbocycles. The minimum Gasteiger partial charge on any atom is -0.466 e. The highest BCUT2D eigenvalue weighted by Crippen LogP contribution is 2.38. The standard InChI is InChI=1S/C13H14ClF3O2/c1-3-19-12(18)11(8(2)13(15,16)17)9-4-6-10(14)7-5-9/h4-8,11H,3H2,1-2H3. The molecule has 2 nitrogen and oxygen atoms in total. The fourth-order valence-electron chi connectivity index (χ4n) is 1.72. The van der Waals surface area contributed by atoms with Gasteiger partial charge in [-0.05, 0) is 24.6 Å². The van der Waals surface area contributed by atoms with Gasteiger partial charge < -0.3 is 4.74 Å². The van der Waals surface area contributed by atoms with Gasteiger partial charge in [0, 0.05) is 5.02 Å². The van der Waals surface area contributed by atoms with Crippen molar-refractivity contribution in [3.63, 3.8) is 0 Å². The number of hydrogen-bond acceptors (Lipinski definition) is 2. The minimum absolute atomic E-state index is 0.0352. The van der Waals surface area contributed by atoms with Crippen LogP contribution in [0.25, 0.3) is 0 Å². The van der Waals surface area contributed by atoms with Crippen molar-refractivity contribution in [2.24, 2.45) is 5.92 Å². The van der Waals surface area contributed by atoms with E-state index in [1.54, 1.807) is 6.92 Å². The van der Waals surface area contributed by atoms with E-state index in [1.807, 2.05) is 0 Å². The van der Waals surface area contributed by atoms with E-state index in [4.69, 9.17) is 16.3 Å². The smallest absolute Gasteiger partial charge is 0.392 e. The van der Waals surface area contributed by atoms with Gasteiger partial charge in [0.15, 0.2) is 0 Å². The molecule has 19 heavy (non-hydrogen) atoms. The number of esters is 1. The van der Waals surface area contributed by atoms with Crippen LogP contribution in [0, 0.1) is 5.92 Å². The molecular weight excluding hydrogens is 281 g/mol. The predicted octanol–water partition coefficient (Wildman–Crippen LogP) is 4.19. The maximum atomic E-state index is 12.8. The zero-order valence-corrected chi connectivity index (χ0v) is 11.3. The zero-order valence-electron chi connectivity index (χ0n) is 10.5. The SMILES string of the molecule is CCOC(=O)C(c1ccc(Cl)cc1)C(C)C(F)(F)F. The first-order valence-electron chi connectivity index (χ1n) is 5.76. The van der Waals surface area contributed by atoms with Crippen molar-refractivity contribution < 1.29 is 22.7 Å². The third-order valence-electron chi connectivity index (χ3n) is 2.79. The number of benzene rings is 1. The van der Waals surface area contributed by atoms with Crippen LogP contribution in [0.15, 0.2) is 24.3 Å². The van der Waals surface area contributed by atoms with Gasteiger partial charge in [-0.1, -0.05) is 30.7 Å². The van der Waals surface area contributed by atoms with Gasteiger partial charge in [0.2, 0.25) is 0 Å². The molecule has 0 bridgehead atoms. The van der Waals surface area contributed by atoms with E-state index in [1.165, 1.54) is 24.3 Å². The van der Waals surface area contributed by atoms with Crippen molar-refractivity contribution in [1.29, 1.82) is 0 Å². The van der Waals surface area contributed by atoms with Gasteiger partial charge >= 0.3 is 12.1 Å². The Labute approximate surface area is 114 Å². The normalized spacial score (nSPS) is 14.8. The zero-order chi connectivity index (χ0) is 14.6. The van der Waals surface area contributed by atoms with Crippen LogP contribution in [-0.2, 0) is 9.53 Å². The van der Waals surface area contributed by atoms with Gasteiger partial charge in [-0.25, -0.2) is 0 Å². The summed E-state index contributed by atoms with van der Waals surface area (Å²) in [6, 6.07) is 5.72. The third-order valence-corrected chi connectivity index (χ3v) is 3.04. The molecule has 0 spiro atoms. The molecular formula is C13H14ClF3O2. The molecule has 0 aliphatic rings. The van der Waals surface area contributed by atoms with E-state index in [0.29, 0.717) is 5.02 Å². The molecule has 106 valence electrons. The van der Waals surface area contributed by atoms with Crippen LogP contribution >= 0.6 is 11.6 Å². The molecule has 1 rings (SSSR count). The van der Waals surface area contributed by atoms with Crippen LogP contribution in [0.3, 0.4) is 0 Å². The van der Waals surface area contributed by atoms with E-state index < -0.39 is 24.0 Å². The van der Waals surface area contributed by atoms with Crippen molar-refractivity contribution in [2.45, 2.75) is 25.9 Å².